The van der Waals surface area contributed by atoms with Gasteiger partial charge in [0, 0.05) is 11.4 Å². The third kappa shape index (κ3) is 1.94. The second kappa shape index (κ2) is 3.80. The zero-order chi connectivity index (χ0) is 10.8. The van der Waals surface area contributed by atoms with Crippen molar-refractivity contribution in [3.63, 3.8) is 0 Å². The molecule has 3 nitrogen and oxygen atoms in total. The van der Waals surface area contributed by atoms with E-state index < -0.39 is 8.07 Å². The van der Waals surface area contributed by atoms with Crippen LogP contribution in [-0.2, 0) is 0 Å². The minimum absolute atomic E-state index is 0.642. The van der Waals surface area contributed by atoms with E-state index in [1.54, 1.807) is 19.5 Å². The summed E-state index contributed by atoms with van der Waals surface area (Å²) in [5.41, 5.74) is 0.642. The smallest absolute Gasteiger partial charge is 0.137 e. The third-order valence-corrected chi connectivity index (χ3v) is 4.02. The van der Waals surface area contributed by atoms with Gasteiger partial charge >= 0.3 is 0 Å². The summed E-state index contributed by atoms with van der Waals surface area (Å²) in [6.07, 6.45) is 3.28. The SMILES string of the molecule is COc1cncc(C#N)c1[Si](C)(C)C. The second-order valence-electron chi connectivity index (χ2n) is 4.13. The molecule has 0 bridgehead atoms. The van der Waals surface area contributed by atoms with Gasteiger partial charge in [0.2, 0.25) is 0 Å². The van der Waals surface area contributed by atoms with E-state index in [2.05, 4.69) is 30.7 Å². The fourth-order valence-corrected chi connectivity index (χ4v) is 3.29. The second-order valence-corrected chi connectivity index (χ2v) is 9.13. The molecule has 0 N–H and O–H groups in total. The summed E-state index contributed by atoms with van der Waals surface area (Å²) < 4.78 is 5.24. The molecule has 0 spiro atoms. The predicted molar refractivity (Wildman–Crippen MR) is 58.5 cm³/mol. The molecule has 74 valence electrons. The normalized spacial score (nSPS) is 10.8. The van der Waals surface area contributed by atoms with Crippen LogP contribution < -0.4 is 9.92 Å². The van der Waals surface area contributed by atoms with Gasteiger partial charge in [-0.2, -0.15) is 5.26 Å². The van der Waals surface area contributed by atoms with E-state index in [0.717, 1.165) is 10.9 Å². The Bertz CT molecular complexity index is 377. The van der Waals surface area contributed by atoms with E-state index in [0.29, 0.717) is 5.56 Å². The summed E-state index contributed by atoms with van der Waals surface area (Å²) >= 11 is 0. The van der Waals surface area contributed by atoms with E-state index in [4.69, 9.17) is 10.00 Å². The molecule has 1 heterocycles. The summed E-state index contributed by atoms with van der Waals surface area (Å²) in [5, 5.41) is 10.0. The van der Waals surface area contributed by atoms with Crippen LogP contribution in [0.1, 0.15) is 5.56 Å². The van der Waals surface area contributed by atoms with Crippen molar-refractivity contribution in [2.45, 2.75) is 19.6 Å². The summed E-state index contributed by atoms with van der Waals surface area (Å²) in [6.45, 7) is 6.56. The summed E-state index contributed by atoms with van der Waals surface area (Å²) in [7, 11) is 0.0610. The number of aromatic nitrogens is 1. The molecule has 1 aromatic rings. The highest BCUT2D eigenvalue weighted by Gasteiger charge is 2.24. The largest absolute Gasteiger partial charge is 0.495 e. The number of nitriles is 1. The van der Waals surface area contributed by atoms with Gasteiger partial charge in [-0.25, -0.2) is 0 Å². The Hall–Kier alpha value is -1.34. The number of rotatable bonds is 2. The van der Waals surface area contributed by atoms with E-state index in [-0.39, 0.29) is 0 Å². The monoisotopic (exact) mass is 206 g/mol. The molecule has 1 aromatic heterocycles. The van der Waals surface area contributed by atoms with Crippen molar-refractivity contribution in [2.24, 2.45) is 0 Å². The first-order chi connectivity index (χ1) is 6.50. The van der Waals surface area contributed by atoms with Crippen molar-refractivity contribution in [3.8, 4) is 11.8 Å². The van der Waals surface area contributed by atoms with Crippen LogP contribution in [0, 0.1) is 11.3 Å². The van der Waals surface area contributed by atoms with Gasteiger partial charge < -0.3 is 4.74 Å². The van der Waals surface area contributed by atoms with Crippen molar-refractivity contribution in [2.75, 3.05) is 7.11 Å². The highest BCUT2D eigenvalue weighted by Crippen LogP contribution is 2.15. The van der Waals surface area contributed by atoms with Gasteiger partial charge in [0.15, 0.2) is 0 Å². The molecule has 0 saturated carbocycles. The van der Waals surface area contributed by atoms with Crippen LogP contribution in [0.5, 0.6) is 5.75 Å². The Morgan fingerprint density at radius 1 is 1.36 bits per heavy atom. The molecule has 4 heteroatoms. The number of ether oxygens (including phenoxy) is 1. The summed E-state index contributed by atoms with van der Waals surface area (Å²) in [4.78, 5) is 3.98. The predicted octanol–water partition coefficient (Wildman–Crippen LogP) is 1.51. The maximum atomic E-state index is 8.98. The molecule has 1 rings (SSSR count). The van der Waals surface area contributed by atoms with Crippen molar-refractivity contribution in [3.05, 3.63) is 18.0 Å². The Morgan fingerprint density at radius 3 is 2.43 bits per heavy atom. The lowest BCUT2D eigenvalue weighted by atomic mass is 10.3. The summed E-state index contributed by atoms with van der Waals surface area (Å²) in [6, 6.07) is 2.17. The lowest BCUT2D eigenvalue weighted by molar-refractivity contribution is 0.416. The quantitative estimate of drug-likeness (QED) is 0.689. The molecule has 0 aliphatic rings. The van der Waals surface area contributed by atoms with Crippen LogP contribution in [0.15, 0.2) is 12.4 Å². The Labute approximate surface area is 85.4 Å². The Balaban J connectivity index is 3.44. The maximum Gasteiger partial charge on any atom is 0.137 e. The van der Waals surface area contributed by atoms with Gasteiger partial charge in [-0.05, 0) is 0 Å². The molecule has 0 fully saturated rings. The fraction of sp³-hybridized carbons (Fsp3) is 0.400. The Kier molecular flexibility index (Phi) is 2.92. The van der Waals surface area contributed by atoms with Gasteiger partial charge in [-0.3, -0.25) is 4.98 Å². The minimum atomic E-state index is -1.55. The Morgan fingerprint density at radius 2 is 2.00 bits per heavy atom. The first-order valence-electron chi connectivity index (χ1n) is 4.43. The zero-order valence-electron chi connectivity index (χ0n) is 8.96. The molecule has 0 aliphatic heterocycles. The maximum absolute atomic E-state index is 8.98. The van der Waals surface area contributed by atoms with Crippen LogP contribution in [0.2, 0.25) is 19.6 Å². The van der Waals surface area contributed by atoms with Gasteiger partial charge in [0.25, 0.3) is 0 Å². The van der Waals surface area contributed by atoms with Crippen molar-refractivity contribution < 1.29 is 4.74 Å². The molecular formula is C10H14N2OSi. The van der Waals surface area contributed by atoms with Crippen LogP contribution in [-0.4, -0.2) is 20.2 Å². The number of hydrogen-bond acceptors (Lipinski definition) is 3. The van der Waals surface area contributed by atoms with Crippen LogP contribution in [0.25, 0.3) is 0 Å². The standard InChI is InChI=1S/C10H14N2OSi/c1-13-9-7-12-6-8(5-11)10(9)14(2,3)4/h6-7H,1-4H3. The van der Waals surface area contributed by atoms with Crippen molar-refractivity contribution in [1.29, 1.82) is 5.26 Å². The van der Waals surface area contributed by atoms with E-state index in [1.165, 1.54) is 0 Å². The summed E-state index contributed by atoms with van der Waals surface area (Å²) in [5.74, 6) is 0.739. The van der Waals surface area contributed by atoms with Crippen LogP contribution >= 0.6 is 0 Å². The molecule has 14 heavy (non-hydrogen) atoms. The molecule has 0 amide bonds. The van der Waals surface area contributed by atoms with Gasteiger partial charge in [-0.1, -0.05) is 19.6 Å². The average molecular weight is 206 g/mol. The lowest BCUT2D eigenvalue weighted by Gasteiger charge is -2.20. The molecular weight excluding hydrogens is 192 g/mol. The van der Waals surface area contributed by atoms with Crippen molar-refractivity contribution in [1.82, 2.24) is 4.98 Å². The highest BCUT2D eigenvalue weighted by atomic mass is 28.3. The van der Waals surface area contributed by atoms with Gasteiger partial charge in [0.05, 0.1) is 26.9 Å². The van der Waals surface area contributed by atoms with E-state index in [9.17, 15) is 0 Å². The molecule has 0 unspecified atom stereocenters. The fourth-order valence-electron chi connectivity index (χ4n) is 1.45. The number of pyridine rings is 1. The van der Waals surface area contributed by atoms with E-state index in [1.807, 2.05) is 0 Å². The number of hydrogen-bond donors (Lipinski definition) is 0. The van der Waals surface area contributed by atoms with Crippen molar-refractivity contribution >= 4 is 13.3 Å². The minimum Gasteiger partial charge on any atom is -0.495 e. The third-order valence-electron chi connectivity index (χ3n) is 2.00. The zero-order valence-corrected chi connectivity index (χ0v) is 9.96. The first-order valence-corrected chi connectivity index (χ1v) is 7.93. The molecule has 0 aliphatic carbocycles. The van der Waals surface area contributed by atoms with Gasteiger partial charge in [-0.15, -0.1) is 0 Å². The number of methoxy groups -OCH3 is 1. The molecule has 0 radical (unpaired) electrons. The average Bonchev–Trinajstić information content (AvgIpc) is 2.15. The lowest BCUT2D eigenvalue weighted by Crippen LogP contribution is -2.40. The molecule has 0 saturated heterocycles. The van der Waals surface area contributed by atoms with Crippen LogP contribution in [0.4, 0.5) is 0 Å². The van der Waals surface area contributed by atoms with E-state index >= 15 is 0 Å². The van der Waals surface area contributed by atoms with Gasteiger partial charge in [0.1, 0.15) is 11.8 Å². The molecule has 0 atom stereocenters. The molecule has 0 aromatic carbocycles. The topological polar surface area (TPSA) is 45.9 Å². The number of nitrogens with zero attached hydrogens (tertiary/aromatic N) is 2. The first kappa shape index (κ1) is 10.7. The highest BCUT2D eigenvalue weighted by molar-refractivity contribution is 6.89. The van der Waals surface area contributed by atoms with Crippen LogP contribution in [0.3, 0.4) is 0 Å².